The minimum absolute atomic E-state index is 0.117. The summed E-state index contributed by atoms with van der Waals surface area (Å²) in [6.07, 6.45) is 2.61. The van der Waals surface area contributed by atoms with Crippen LogP contribution in [0.2, 0.25) is 0 Å². The Morgan fingerprint density at radius 3 is 2.24 bits per heavy atom. The van der Waals surface area contributed by atoms with Crippen molar-refractivity contribution >= 4 is 17.8 Å². The van der Waals surface area contributed by atoms with Gasteiger partial charge in [0.2, 0.25) is 5.91 Å². The molecule has 0 radical (unpaired) electrons. The highest BCUT2D eigenvalue weighted by Crippen LogP contribution is 2.11. The van der Waals surface area contributed by atoms with Crippen molar-refractivity contribution in [2.75, 3.05) is 0 Å². The van der Waals surface area contributed by atoms with Gasteiger partial charge in [0.15, 0.2) is 0 Å². The number of benzene rings is 1. The molecule has 25 heavy (non-hydrogen) atoms. The summed E-state index contributed by atoms with van der Waals surface area (Å²) in [7, 11) is 0. The van der Waals surface area contributed by atoms with Gasteiger partial charge in [-0.05, 0) is 24.5 Å². The van der Waals surface area contributed by atoms with Gasteiger partial charge in [-0.1, -0.05) is 58.2 Å². The van der Waals surface area contributed by atoms with Crippen molar-refractivity contribution in [3.05, 3.63) is 35.9 Å². The predicted molar refractivity (Wildman–Crippen MR) is 96.2 cm³/mol. The third-order valence-electron chi connectivity index (χ3n) is 4.28. The second-order valence-electron chi connectivity index (χ2n) is 6.24. The molecule has 3 atom stereocenters. The zero-order valence-corrected chi connectivity index (χ0v) is 15.1. The second kappa shape index (κ2) is 10.5. The van der Waals surface area contributed by atoms with Crippen LogP contribution in [0.5, 0.6) is 0 Å². The molecule has 138 valence electrons. The molecule has 0 heterocycles. The molecule has 0 aliphatic carbocycles. The molecule has 0 aromatic heterocycles. The van der Waals surface area contributed by atoms with Crippen LogP contribution in [-0.4, -0.2) is 35.0 Å². The lowest BCUT2D eigenvalue weighted by Gasteiger charge is -2.25. The number of carboxylic acids is 1. The minimum atomic E-state index is -1.06. The number of amides is 2. The molecule has 0 bridgehead atoms. The van der Waals surface area contributed by atoms with Crippen molar-refractivity contribution in [3.63, 3.8) is 0 Å². The Kier molecular flexibility index (Phi) is 8.67. The number of hydrogen-bond donors (Lipinski definition) is 3. The van der Waals surface area contributed by atoms with E-state index in [9.17, 15) is 19.5 Å². The van der Waals surface area contributed by atoms with Crippen molar-refractivity contribution in [1.82, 2.24) is 10.6 Å². The van der Waals surface area contributed by atoms with Crippen LogP contribution in [0.15, 0.2) is 30.3 Å². The van der Waals surface area contributed by atoms with E-state index in [2.05, 4.69) is 10.6 Å². The molecule has 2 unspecified atom stereocenters. The molecule has 1 aromatic rings. The highest BCUT2D eigenvalue weighted by Gasteiger charge is 2.29. The molecule has 0 aliphatic rings. The Labute approximate surface area is 149 Å². The van der Waals surface area contributed by atoms with E-state index in [0.717, 1.165) is 6.42 Å². The lowest BCUT2D eigenvalue weighted by Crippen LogP contribution is -2.54. The Hall–Kier alpha value is -2.37. The normalized spacial score (nSPS) is 14.2. The van der Waals surface area contributed by atoms with Crippen LogP contribution in [0, 0.1) is 5.92 Å². The topological polar surface area (TPSA) is 95.5 Å². The maximum absolute atomic E-state index is 12.6. The zero-order chi connectivity index (χ0) is 18.8. The molecule has 6 heteroatoms. The number of rotatable bonds is 10. The minimum Gasteiger partial charge on any atom is -0.480 e. The maximum atomic E-state index is 12.6. The monoisotopic (exact) mass is 348 g/mol. The van der Waals surface area contributed by atoms with Crippen molar-refractivity contribution in [3.8, 4) is 0 Å². The van der Waals surface area contributed by atoms with Gasteiger partial charge in [0.25, 0.3) is 5.91 Å². The van der Waals surface area contributed by atoms with Gasteiger partial charge in [-0.25, -0.2) is 4.79 Å². The van der Waals surface area contributed by atoms with Crippen LogP contribution in [0.3, 0.4) is 0 Å². The molecular formula is C19H28N2O4. The quantitative estimate of drug-likeness (QED) is 0.605. The van der Waals surface area contributed by atoms with Crippen molar-refractivity contribution in [2.45, 2.75) is 58.5 Å². The van der Waals surface area contributed by atoms with E-state index in [1.54, 1.807) is 30.3 Å². The summed E-state index contributed by atoms with van der Waals surface area (Å²) in [5, 5.41) is 14.6. The van der Waals surface area contributed by atoms with E-state index >= 15 is 0 Å². The summed E-state index contributed by atoms with van der Waals surface area (Å²) in [4.78, 5) is 36.3. The molecule has 6 nitrogen and oxygen atoms in total. The number of carboxylic acid groups (broad SMARTS) is 1. The third-order valence-corrected chi connectivity index (χ3v) is 4.28. The lowest BCUT2D eigenvalue weighted by molar-refractivity contribution is -0.142. The fourth-order valence-corrected chi connectivity index (χ4v) is 2.44. The lowest BCUT2D eigenvalue weighted by atomic mass is 9.97. The molecule has 3 N–H and O–H groups in total. The standard InChI is InChI=1S/C19H28N2O4/c1-4-6-12-15(19(24)25)20-18(23)16(13(3)5-2)21-17(22)14-10-8-7-9-11-14/h7-11,13,15-16H,4-6,12H2,1-3H3,(H,20,23)(H,21,22)(H,24,25)/t13?,15-,16?/m0/s1. The van der Waals surface area contributed by atoms with E-state index in [4.69, 9.17) is 0 Å². The van der Waals surface area contributed by atoms with Crippen LogP contribution in [-0.2, 0) is 9.59 Å². The van der Waals surface area contributed by atoms with Crippen molar-refractivity contribution in [2.24, 2.45) is 5.92 Å². The first-order valence-electron chi connectivity index (χ1n) is 8.79. The van der Waals surface area contributed by atoms with Crippen LogP contribution < -0.4 is 10.6 Å². The summed E-state index contributed by atoms with van der Waals surface area (Å²) in [5.41, 5.74) is 0.462. The van der Waals surface area contributed by atoms with E-state index < -0.39 is 24.0 Å². The number of carbonyl (C=O) groups is 3. The SMILES string of the molecule is CCCC[C@H](NC(=O)C(NC(=O)c1ccccc1)C(C)CC)C(=O)O. The van der Waals surface area contributed by atoms with Gasteiger partial charge in [-0.3, -0.25) is 9.59 Å². The van der Waals surface area contributed by atoms with E-state index in [1.807, 2.05) is 20.8 Å². The highest BCUT2D eigenvalue weighted by molar-refractivity contribution is 5.98. The largest absolute Gasteiger partial charge is 0.480 e. The van der Waals surface area contributed by atoms with Crippen LogP contribution in [0.4, 0.5) is 0 Å². The van der Waals surface area contributed by atoms with Gasteiger partial charge in [0.1, 0.15) is 12.1 Å². The molecule has 2 amide bonds. The molecule has 0 spiro atoms. The molecule has 0 aliphatic heterocycles. The third kappa shape index (κ3) is 6.57. The van der Waals surface area contributed by atoms with E-state index in [0.29, 0.717) is 24.8 Å². The van der Waals surface area contributed by atoms with E-state index in [-0.39, 0.29) is 11.8 Å². The second-order valence-corrected chi connectivity index (χ2v) is 6.24. The fraction of sp³-hybridized carbons (Fsp3) is 0.526. The molecule has 0 saturated heterocycles. The summed E-state index contributed by atoms with van der Waals surface area (Å²) < 4.78 is 0. The summed E-state index contributed by atoms with van der Waals surface area (Å²) in [6, 6.07) is 6.93. The first-order valence-corrected chi connectivity index (χ1v) is 8.79. The van der Waals surface area contributed by atoms with E-state index in [1.165, 1.54) is 0 Å². The Bertz CT molecular complexity index is 574. The Balaban J connectivity index is 2.84. The molecule has 1 aromatic carbocycles. The van der Waals surface area contributed by atoms with Gasteiger partial charge in [-0.15, -0.1) is 0 Å². The number of aliphatic carboxylic acids is 1. The first kappa shape index (κ1) is 20.7. The number of hydrogen-bond acceptors (Lipinski definition) is 3. The Morgan fingerprint density at radius 1 is 1.08 bits per heavy atom. The summed E-state index contributed by atoms with van der Waals surface area (Å²) in [5.74, 6) is -1.98. The molecular weight excluding hydrogens is 320 g/mol. The van der Waals surface area contributed by atoms with Gasteiger partial charge in [-0.2, -0.15) is 0 Å². The fourth-order valence-electron chi connectivity index (χ4n) is 2.44. The Morgan fingerprint density at radius 2 is 1.72 bits per heavy atom. The molecule has 0 fully saturated rings. The molecule has 1 rings (SSSR count). The predicted octanol–water partition coefficient (Wildman–Crippen LogP) is 2.59. The number of carbonyl (C=O) groups excluding carboxylic acids is 2. The van der Waals surface area contributed by atoms with Crippen LogP contribution >= 0.6 is 0 Å². The average molecular weight is 348 g/mol. The zero-order valence-electron chi connectivity index (χ0n) is 15.1. The van der Waals surface area contributed by atoms with Crippen LogP contribution in [0.25, 0.3) is 0 Å². The average Bonchev–Trinajstić information content (AvgIpc) is 2.62. The maximum Gasteiger partial charge on any atom is 0.326 e. The van der Waals surface area contributed by atoms with Gasteiger partial charge < -0.3 is 15.7 Å². The number of nitrogens with one attached hydrogen (secondary N) is 2. The van der Waals surface area contributed by atoms with Gasteiger partial charge >= 0.3 is 5.97 Å². The summed E-state index contributed by atoms with van der Waals surface area (Å²) >= 11 is 0. The van der Waals surface area contributed by atoms with Crippen molar-refractivity contribution < 1.29 is 19.5 Å². The van der Waals surface area contributed by atoms with Crippen LogP contribution in [0.1, 0.15) is 56.8 Å². The highest BCUT2D eigenvalue weighted by atomic mass is 16.4. The van der Waals surface area contributed by atoms with Crippen molar-refractivity contribution in [1.29, 1.82) is 0 Å². The smallest absolute Gasteiger partial charge is 0.326 e. The summed E-state index contributed by atoms with van der Waals surface area (Å²) in [6.45, 7) is 5.74. The molecule has 0 saturated carbocycles. The number of unbranched alkanes of at least 4 members (excludes halogenated alkanes) is 1. The van der Waals surface area contributed by atoms with Gasteiger partial charge in [0.05, 0.1) is 0 Å². The first-order chi connectivity index (χ1) is 11.9. The van der Waals surface area contributed by atoms with Gasteiger partial charge in [0, 0.05) is 5.56 Å².